The second-order valence-electron chi connectivity index (χ2n) is 4.27. The molecule has 0 saturated carbocycles. The lowest BCUT2D eigenvalue weighted by Gasteiger charge is -2.30. The average Bonchev–Trinajstić information content (AvgIpc) is 2.24. The Bertz CT molecular complexity index is 372. The Kier molecular flexibility index (Phi) is 3.95. The molecule has 1 atom stereocenters. The van der Waals surface area contributed by atoms with E-state index < -0.39 is 0 Å². The van der Waals surface area contributed by atoms with Gasteiger partial charge in [-0.2, -0.15) is 0 Å². The number of nitrogens with zero attached hydrogens (tertiary/aromatic N) is 1. The Morgan fingerprint density at radius 2 is 2.31 bits per heavy atom. The smallest absolute Gasteiger partial charge is 0.123 e. The van der Waals surface area contributed by atoms with Gasteiger partial charge in [-0.1, -0.05) is 15.9 Å². The summed E-state index contributed by atoms with van der Waals surface area (Å²) in [5.74, 6) is -0.212. The summed E-state index contributed by atoms with van der Waals surface area (Å²) in [6.07, 6.45) is 1.65. The van der Waals surface area contributed by atoms with Crippen molar-refractivity contribution in [2.45, 2.75) is 25.5 Å². The minimum Gasteiger partial charge on any atom is -0.392 e. The molecule has 2 nitrogen and oxygen atoms in total. The SMILES string of the molecule is O[C@H]1CCCN(Cc2cc(F)ccc2Br)C1. The van der Waals surface area contributed by atoms with E-state index in [9.17, 15) is 9.50 Å². The number of hydrogen-bond donors (Lipinski definition) is 1. The van der Waals surface area contributed by atoms with Gasteiger partial charge in [-0.25, -0.2) is 4.39 Å². The van der Waals surface area contributed by atoms with E-state index >= 15 is 0 Å². The van der Waals surface area contributed by atoms with Crippen LogP contribution in [0.5, 0.6) is 0 Å². The molecule has 0 bridgehead atoms. The van der Waals surface area contributed by atoms with Gasteiger partial charge in [0.1, 0.15) is 5.82 Å². The van der Waals surface area contributed by atoms with Gasteiger partial charge in [-0.3, -0.25) is 4.90 Å². The summed E-state index contributed by atoms with van der Waals surface area (Å²) in [6.45, 7) is 2.35. The molecule has 1 aliphatic heterocycles. The molecule has 1 aliphatic rings. The van der Waals surface area contributed by atoms with E-state index in [0.29, 0.717) is 13.1 Å². The zero-order valence-corrected chi connectivity index (χ0v) is 10.6. The molecule has 1 aromatic carbocycles. The molecule has 16 heavy (non-hydrogen) atoms. The third-order valence-corrected chi connectivity index (χ3v) is 3.66. The Morgan fingerprint density at radius 1 is 1.50 bits per heavy atom. The highest BCUT2D eigenvalue weighted by Crippen LogP contribution is 2.21. The highest BCUT2D eigenvalue weighted by molar-refractivity contribution is 9.10. The molecule has 4 heteroatoms. The lowest BCUT2D eigenvalue weighted by atomic mass is 10.1. The first-order chi connectivity index (χ1) is 7.65. The number of piperidine rings is 1. The molecule has 0 spiro atoms. The van der Waals surface area contributed by atoms with E-state index in [0.717, 1.165) is 29.4 Å². The predicted molar refractivity (Wildman–Crippen MR) is 64.6 cm³/mol. The second kappa shape index (κ2) is 5.25. The number of aliphatic hydroxyl groups excluding tert-OH is 1. The van der Waals surface area contributed by atoms with Crippen LogP contribution in [-0.4, -0.2) is 29.2 Å². The highest BCUT2D eigenvalue weighted by Gasteiger charge is 2.18. The maximum atomic E-state index is 13.1. The standard InChI is InChI=1S/C12H15BrFNO/c13-12-4-3-10(14)6-9(12)7-15-5-1-2-11(16)8-15/h3-4,6,11,16H,1-2,5,7-8H2/t11-/m0/s1. The Morgan fingerprint density at radius 3 is 3.06 bits per heavy atom. The van der Waals surface area contributed by atoms with E-state index in [1.807, 2.05) is 0 Å². The predicted octanol–water partition coefficient (Wildman–Crippen LogP) is 2.54. The van der Waals surface area contributed by atoms with Crippen molar-refractivity contribution in [3.8, 4) is 0 Å². The van der Waals surface area contributed by atoms with Gasteiger partial charge in [0, 0.05) is 17.6 Å². The van der Waals surface area contributed by atoms with Crippen LogP contribution in [-0.2, 0) is 6.54 Å². The first kappa shape index (κ1) is 12.0. The van der Waals surface area contributed by atoms with Crippen LogP contribution >= 0.6 is 15.9 Å². The highest BCUT2D eigenvalue weighted by atomic mass is 79.9. The first-order valence-corrected chi connectivity index (χ1v) is 6.29. The zero-order valence-electron chi connectivity index (χ0n) is 9.00. The van der Waals surface area contributed by atoms with Gasteiger partial charge in [-0.15, -0.1) is 0 Å². The summed E-state index contributed by atoms with van der Waals surface area (Å²) in [7, 11) is 0. The van der Waals surface area contributed by atoms with Crippen molar-refractivity contribution in [1.29, 1.82) is 0 Å². The molecule has 0 aromatic heterocycles. The molecule has 1 fully saturated rings. The quantitative estimate of drug-likeness (QED) is 0.904. The number of likely N-dealkylation sites (tertiary alicyclic amines) is 1. The van der Waals surface area contributed by atoms with Crippen LogP contribution in [0.1, 0.15) is 18.4 Å². The summed E-state index contributed by atoms with van der Waals surface area (Å²) in [5, 5.41) is 9.55. The van der Waals surface area contributed by atoms with Crippen molar-refractivity contribution in [2.24, 2.45) is 0 Å². The van der Waals surface area contributed by atoms with Crippen LogP contribution in [0.25, 0.3) is 0 Å². The number of hydrogen-bond acceptors (Lipinski definition) is 2. The van der Waals surface area contributed by atoms with E-state index in [-0.39, 0.29) is 11.9 Å². The van der Waals surface area contributed by atoms with Crippen LogP contribution in [0.3, 0.4) is 0 Å². The van der Waals surface area contributed by atoms with Gasteiger partial charge in [0.05, 0.1) is 6.10 Å². The number of β-amino-alcohol motifs (C(OH)–C–C–N with tert-alkyl or cyclic N) is 1. The van der Waals surface area contributed by atoms with Gasteiger partial charge in [-0.05, 0) is 43.1 Å². The summed E-state index contributed by atoms with van der Waals surface area (Å²) in [6, 6.07) is 4.72. The van der Waals surface area contributed by atoms with Crippen molar-refractivity contribution in [2.75, 3.05) is 13.1 Å². The Hall–Kier alpha value is -0.450. The topological polar surface area (TPSA) is 23.5 Å². The number of aliphatic hydroxyl groups is 1. The van der Waals surface area contributed by atoms with Crippen LogP contribution in [0.15, 0.2) is 22.7 Å². The molecule has 1 aromatic rings. The van der Waals surface area contributed by atoms with E-state index in [1.54, 1.807) is 12.1 Å². The van der Waals surface area contributed by atoms with Gasteiger partial charge in [0.15, 0.2) is 0 Å². The van der Waals surface area contributed by atoms with Crippen molar-refractivity contribution < 1.29 is 9.50 Å². The molecule has 2 rings (SSSR count). The largest absolute Gasteiger partial charge is 0.392 e. The molecule has 0 aliphatic carbocycles. The third-order valence-electron chi connectivity index (χ3n) is 2.88. The minimum absolute atomic E-state index is 0.212. The van der Waals surface area contributed by atoms with Gasteiger partial charge in [0.25, 0.3) is 0 Å². The Labute approximate surface area is 103 Å². The van der Waals surface area contributed by atoms with Gasteiger partial charge in [0.2, 0.25) is 0 Å². The summed E-state index contributed by atoms with van der Waals surface area (Å²) in [5.41, 5.74) is 0.939. The summed E-state index contributed by atoms with van der Waals surface area (Å²) in [4.78, 5) is 2.16. The van der Waals surface area contributed by atoms with Crippen LogP contribution in [0.4, 0.5) is 4.39 Å². The number of halogens is 2. The van der Waals surface area contributed by atoms with Gasteiger partial charge >= 0.3 is 0 Å². The fourth-order valence-electron chi connectivity index (χ4n) is 2.08. The fraction of sp³-hybridized carbons (Fsp3) is 0.500. The average molecular weight is 288 g/mol. The summed E-state index contributed by atoms with van der Waals surface area (Å²) < 4.78 is 14.0. The fourth-order valence-corrected chi connectivity index (χ4v) is 2.45. The van der Waals surface area contributed by atoms with Crippen molar-refractivity contribution >= 4 is 15.9 Å². The van der Waals surface area contributed by atoms with Crippen molar-refractivity contribution in [1.82, 2.24) is 4.90 Å². The summed E-state index contributed by atoms with van der Waals surface area (Å²) >= 11 is 3.42. The number of benzene rings is 1. The van der Waals surface area contributed by atoms with Crippen LogP contribution in [0.2, 0.25) is 0 Å². The lowest BCUT2D eigenvalue weighted by molar-refractivity contribution is 0.0667. The van der Waals surface area contributed by atoms with Crippen LogP contribution in [0, 0.1) is 5.82 Å². The normalized spacial score (nSPS) is 22.3. The molecular formula is C12H15BrFNO. The lowest BCUT2D eigenvalue weighted by Crippen LogP contribution is -2.37. The molecule has 1 saturated heterocycles. The molecule has 0 radical (unpaired) electrons. The van der Waals surface area contributed by atoms with Gasteiger partial charge < -0.3 is 5.11 Å². The maximum Gasteiger partial charge on any atom is 0.123 e. The van der Waals surface area contributed by atoms with E-state index in [2.05, 4.69) is 20.8 Å². The monoisotopic (exact) mass is 287 g/mol. The molecule has 1 N–H and O–H groups in total. The molecule has 88 valence electrons. The van der Waals surface area contributed by atoms with Crippen LogP contribution < -0.4 is 0 Å². The molecule has 0 unspecified atom stereocenters. The number of rotatable bonds is 2. The molecule has 1 heterocycles. The first-order valence-electron chi connectivity index (χ1n) is 5.49. The van der Waals surface area contributed by atoms with E-state index in [4.69, 9.17) is 0 Å². The minimum atomic E-state index is -0.235. The van der Waals surface area contributed by atoms with Crippen molar-refractivity contribution in [3.63, 3.8) is 0 Å². The molecular weight excluding hydrogens is 273 g/mol. The second-order valence-corrected chi connectivity index (χ2v) is 5.12. The molecule has 0 amide bonds. The zero-order chi connectivity index (χ0) is 11.5. The maximum absolute atomic E-state index is 13.1. The third kappa shape index (κ3) is 3.03. The van der Waals surface area contributed by atoms with E-state index in [1.165, 1.54) is 6.07 Å². The van der Waals surface area contributed by atoms with Crippen molar-refractivity contribution in [3.05, 3.63) is 34.1 Å². The Balaban J connectivity index is 2.05.